The van der Waals surface area contributed by atoms with Crippen LogP contribution in [0.15, 0.2) is 61.2 Å². The molecule has 0 aliphatic heterocycles. The molecule has 1 aliphatic rings. The quantitative estimate of drug-likeness (QED) is 0.295. The number of rotatable bonds is 8. The molecule has 3 heterocycles. The molecule has 1 unspecified atom stereocenters. The first-order chi connectivity index (χ1) is 16.4. The van der Waals surface area contributed by atoms with Gasteiger partial charge < -0.3 is 15.0 Å². The third-order valence-corrected chi connectivity index (χ3v) is 8.65. The average molecular weight is 472 g/mol. The lowest BCUT2D eigenvalue weighted by Crippen LogP contribution is -2.36. The summed E-state index contributed by atoms with van der Waals surface area (Å²) in [6.45, 7) is 8.97. The number of nitrogens with zero attached hydrogens (tertiary/aromatic N) is 4. The molecule has 0 radical (unpaired) electrons. The Bertz CT molecular complexity index is 1280. The Kier molecular flexibility index (Phi) is 6.10. The lowest BCUT2D eigenvalue weighted by molar-refractivity contribution is 0.0899. The molecule has 34 heavy (non-hydrogen) atoms. The van der Waals surface area contributed by atoms with E-state index in [4.69, 9.17) is 10.5 Å². The first-order valence-electron chi connectivity index (χ1n) is 12.0. The van der Waals surface area contributed by atoms with Gasteiger partial charge in [-0.25, -0.2) is 9.97 Å². The Balaban J connectivity index is 1.43. The number of hydrogen-bond donors (Lipinski definition) is 1. The fourth-order valence-electron chi connectivity index (χ4n) is 4.88. The smallest absolute Gasteiger partial charge is 0.145 e. The van der Waals surface area contributed by atoms with Gasteiger partial charge in [0.15, 0.2) is 0 Å². The summed E-state index contributed by atoms with van der Waals surface area (Å²) in [6, 6.07) is 16.1. The molecule has 0 saturated carbocycles. The molecule has 5 rings (SSSR count). The van der Waals surface area contributed by atoms with Crippen LogP contribution < -0.4 is 5.73 Å². The number of nitrogens with two attached hydrogens (primary N) is 1. The van der Waals surface area contributed by atoms with Crippen LogP contribution in [0, 0.1) is 0 Å². The standard InChI is InChI=1S/C27H33N5OSi/c1-34(2,3)13-12-33-19-32-11-9-23-25(30-18-31-26(23)32)20-6-4-8-22(14-20)27(17-28)15-21-7-5-10-29-24(21)16-27/h4-11,14,18H,12-13,15-17,19,28H2,1-3H3. The topological polar surface area (TPSA) is 78.9 Å². The second-order valence-electron chi connectivity index (χ2n) is 10.6. The van der Waals surface area contributed by atoms with Crippen molar-refractivity contribution in [2.24, 2.45) is 5.73 Å². The van der Waals surface area contributed by atoms with Gasteiger partial charge in [-0.3, -0.25) is 4.98 Å². The molecular weight excluding hydrogens is 438 g/mol. The molecule has 0 amide bonds. The summed E-state index contributed by atoms with van der Waals surface area (Å²) in [5, 5.41) is 1.03. The molecule has 2 N–H and O–H groups in total. The molecule has 3 aromatic heterocycles. The Morgan fingerprint density at radius 2 is 1.94 bits per heavy atom. The van der Waals surface area contributed by atoms with Crippen LogP contribution in [0.25, 0.3) is 22.3 Å². The van der Waals surface area contributed by atoms with Crippen LogP contribution in [0.3, 0.4) is 0 Å². The normalized spacial score (nSPS) is 17.9. The Morgan fingerprint density at radius 3 is 2.74 bits per heavy atom. The second kappa shape index (κ2) is 9.06. The third-order valence-electron chi connectivity index (χ3n) is 6.94. The Morgan fingerprint density at radius 1 is 1.06 bits per heavy atom. The van der Waals surface area contributed by atoms with Gasteiger partial charge in [0.05, 0.1) is 5.69 Å². The number of benzene rings is 1. The molecule has 0 fully saturated rings. The van der Waals surface area contributed by atoms with Crippen molar-refractivity contribution in [3.63, 3.8) is 0 Å². The molecule has 0 bridgehead atoms. The largest absolute Gasteiger partial charge is 0.361 e. The van der Waals surface area contributed by atoms with Crippen LogP contribution in [-0.2, 0) is 29.7 Å². The summed E-state index contributed by atoms with van der Waals surface area (Å²) >= 11 is 0. The van der Waals surface area contributed by atoms with Gasteiger partial charge in [-0.15, -0.1) is 0 Å². The summed E-state index contributed by atoms with van der Waals surface area (Å²) in [4.78, 5) is 13.8. The van der Waals surface area contributed by atoms with Crippen molar-refractivity contribution in [2.45, 2.75) is 50.7 Å². The zero-order valence-corrected chi connectivity index (χ0v) is 21.3. The molecule has 0 saturated heterocycles. The predicted octanol–water partition coefficient (Wildman–Crippen LogP) is 4.80. The van der Waals surface area contributed by atoms with Crippen LogP contribution in [-0.4, -0.2) is 40.7 Å². The SMILES string of the molecule is C[Si](C)(C)CCOCn1ccc2c(-c3cccc(C4(CN)Cc5cccnc5C4)c3)ncnc21. The van der Waals surface area contributed by atoms with Crippen molar-refractivity contribution in [3.8, 4) is 11.3 Å². The van der Waals surface area contributed by atoms with Gasteiger partial charge >= 0.3 is 0 Å². The van der Waals surface area contributed by atoms with E-state index in [1.807, 2.05) is 18.5 Å². The number of pyridine rings is 1. The highest BCUT2D eigenvalue weighted by Crippen LogP contribution is 2.39. The molecule has 176 valence electrons. The third kappa shape index (κ3) is 4.43. The minimum atomic E-state index is -1.11. The first-order valence-corrected chi connectivity index (χ1v) is 15.7. The maximum absolute atomic E-state index is 6.38. The Hall–Kier alpha value is -2.87. The number of fused-ring (bicyclic) bond motifs is 2. The highest BCUT2D eigenvalue weighted by molar-refractivity contribution is 6.76. The van der Waals surface area contributed by atoms with E-state index in [9.17, 15) is 0 Å². The van der Waals surface area contributed by atoms with Crippen LogP contribution >= 0.6 is 0 Å². The van der Waals surface area contributed by atoms with Gasteiger partial charge in [0.25, 0.3) is 0 Å². The van der Waals surface area contributed by atoms with Gasteiger partial charge in [0.1, 0.15) is 18.7 Å². The van der Waals surface area contributed by atoms with Gasteiger partial charge in [-0.2, -0.15) is 0 Å². The number of hydrogen-bond acceptors (Lipinski definition) is 5. The predicted molar refractivity (Wildman–Crippen MR) is 139 cm³/mol. The van der Waals surface area contributed by atoms with E-state index in [-0.39, 0.29) is 5.41 Å². The lowest BCUT2D eigenvalue weighted by Gasteiger charge is -2.28. The summed E-state index contributed by atoms with van der Waals surface area (Å²) in [7, 11) is -1.11. The molecule has 6 nitrogen and oxygen atoms in total. The van der Waals surface area contributed by atoms with Crippen molar-refractivity contribution in [1.82, 2.24) is 19.5 Å². The van der Waals surface area contributed by atoms with Crippen molar-refractivity contribution < 1.29 is 4.74 Å². The molecule has 7 heteroatoms. The summed E-state index contributed by atoms with van der Waals surface area (Å²) < 4.78 is 8.04. The summed E-state index contributed by atoms with van der Waals surface area (Å²) in [6.07, 6.45) is 7.35. The van der Waals surface area contributed by atoms with E-state index in [0.717, 1.165) is 53.5 Å². The minimum absolute atomic E-state index is 0.130. The van der Waals surface area contributed by atoms with E-state index in [1.54, 1.807) is 6.33 Å². The maximum Gasteiger partial charge on any atom is 0.145 e. The molecule has 0 spiro atoms. The van der Waals surface area contributed by atoms with E-state index < -0.39 is 8.07 Å². The van der Waals surface area contributed by atoms with Crippen LogP contribution in [0.4, 0.5) is 0 Å². The highest BCUT2D eigenvalue weighted by atomic mass is 28.3. The van der Waals surface area contributed by atoms with Crippen molar-refractivity contribution in [2.75, 3.05) is 13.2 Å². The van der Waals surface area contributed by atoms with Crippen LogP contribution in [0.1, 0.15) is 16.8 Å². The van der Waals surface area contributed by atoms with E-state index in [2.05, 4.69) is 75.6 Å². The monoisotopic (exact) mass is 471 g/mol. The molecular formula is C27H33N5OSi. The van der Waals surface area contributed by atoms with Crippen LogP contribution in [0.2, 0.25) is 25.7 Å². The van der Waals surface area contributed by atoms with Gasteiger partial charge in [0, 0.05) is 62.1 Å². The van der Waals surface area contributed by atoms with Gasteiger partial charge in [-0.1, -0.05) is 43.9 Å². The van der Waals surface area contributed by atoms with E-state index >= 15 is 0 Å². The molecule has 4 aromatic rings. The zero-order chi connectivity index (χ0) is 23.8. The van der Waals surface area contributed by atoms with Gasteiger partial charge in [-0.05, 0) is 41.8 Å². The number of ether oxygens (including phenoxy) is 1. The summed E-state index contributed by atoms with van der Waals surface area (Å²) in [5.41, 5.74) is 12.9. The van der Waals surface area contributed by atoms with Crippen LogP contribution in [0.5, 0.6) is 0 Å². The Labute approximate surface area is 202 Å². The fourth-order valence-corrected chi connectivity index (χ4v) is 5.64. The maximum atomic E-state index is 6.38. The number of aromatic nitrogens is 4. The van der Waals surface area contributed by atoms with Gasteiger partial charge in [0.2, 0.25) is 0 Å². The average Bonchev–Trinajstić information content (AvgIpc) is 3.43. The zero-order valence-electron chi connectivity index (χ0n) is 20.3. The minimum Gasteiger partial charge on any atom is -0.361 e. The second-order valence-corrected chi connectivity index (χ2v) is 16.2. The van der Waals surface area contributed by atoms with E-state index in [1.165, 1.54) is 11.1 Å². The first kappa shape index (κ1) is 22.9. The molecule has 1 aliphatic carbocycles. The fraction of sp³-hybridized carbons (Fsp3) is 0.370. The van der Waals surface area contributed by atoms with Crippen molar-refractivity contribution in [1.29, 1.82) is 0 Å². The highest BCUT2D eigenvalue weighted by Gasteiger charge is 2.38. The van der Waals surface area contributed by atoms with Crippen molar-refractivity contribution >= 4 is 19.1 Å². The van der Waals surface area contributed by atoms with Crippen molar-refractivity contribution in [3.05, 3.63) is 78.0 Å². The van der Waals surface area contributed by atoms with E-state index in [0.29, 0.717) is 13.3 Å². The molecule has 1 atom stereocenters. The molecule has 1 aromatic carbocycles. The summed E-state index contributed by atoms with van der Waals surface area (Å²) in [5.74, 6) is 0. The lowest BCUT2D eigenvalue weighted by atomic mass is 9.77.